The molecule has 0 radical (unpaired) electrons. The SMILES string of the molecule is O=C(CCn1cnc2ccccc21)N/N=C/c1c(Cl)cccc1Cl. The smallest absolute Gasteiger partial charge is 0.241 e. The van der Waals surface area contributed by atoms with Crippen LogP contribution in [0.1, 0.15) is 12.0 Å². The highest BCUT2D eigenvalue weighted by molar-refractivity contribution is 6.38. The first-order valence-electron chi connectivity index (χ1n) is 7.31. The van der Waals surface area contributed by atoms with Gasteiger partial charge in [0.1, 0.15) is 0 Å². The van der Waals surface area contributed by atoms with Gasteiger partial charge in [0.2, 0.25) is 5.91 Å². The van der Waals surface area contributed by atoms with Crippen molar-refractivity contribution in [3.8, 4) is 0 Å². The molecule has 1 N–H and O–H groups in total. The summed E-state index contributed by atoms with van der Waals surface area (Å²) in [5.41, 5.74) is 4.95. The van der Waals surface area contributed by atoms with Gasteiger partial charge in [0.15, 0.2) is 0 Å². The van der Waals surface area contributed by atoms with Crippen LogP contribution in [-0.2, 0) is 11.3 Å². The van der Waals surface area contributed by atoms with Gasteiger partial charge >= 0.3 is 0 Å². The number of para-hydroxylation sites is 2. The summed E-state index contributed by atoms with van der Waals surface area (Å²) >= 11 is 12.1. The predicted octanol–water partition coefficient (Wildman–Crippen LogP) is 3.88. The third kappa shape index (κ3) is 3.75. The van der Waals surface area contributed by atoms with Crippen molar-refractivity contribution in [3.63, 3.8) is 0 Å². The maximum absolute atomic E-state index is 11.9. The number of carbonyl (C=O) groups excluding carboxylic acids is 1. The Bertz CT molecular complexity index is 884. The number of hydrogen-bond donors (Lipinski definition) is 1. The van der Waals surface area contributed by atoms with Crippen molar-refractivity contribution in [1.82, 2.24) is 15.0 Å². The van der Waals surface area contributed by atoms with Gasteiger partial charge in [-0.3, -0.25) is 4.79 Å². The number of halogens is 2. The number of aryl methyl sites for hydroxylation is 1. The monoisotopic (exact) mass is 360 g/mol. The number of benzene rings is 2. The van der Waals surface area contributed by atoms with E-state index in [1.54, 1.807) is 24.5 Å². The Balaban J connectivity index is 1.57. The molecule has 0 saturated heterocycles. The molecular formula is C17H14Cl2N4O. The molecular weight excluding hydrogens is 347 g/mol. The molecule has 1 amide bonds. The molecule has 0 bridgehead atoms. The summed E-state index contributed by atoms with van der Waals surface area (Å²) in [6, 6.07) is 12.9. The summed E-state index contributed by atoms with van der Waals surface area (Å²) in [5, 5.41) is 4.86. The molecule has 24 heavy (non-hydrogen) atoms. The van der Waals surface area contributed by atoms with Gasteiger partial charge in [-0.25, -0.2) is 10.4 Å². The lowest BCUT2D eigenvalue weighted by atomic mass is 10.2. The van der Waals surface area contributed by atoms with E-state index in [1.807, 2.05) is 28.8 Å². The molecule has 5 nitrogen and oxygen atoms in total. The molecule has 0 aliphatic rings. The zero-order valence-electron chi connectivity index (χ0n) is 12.6. The largest absolute Gasteiger partial charge is 0.330 e. The number of hydrogen-bond acceptors (Lipinski definition) is 3. The van der Waals surface area contributed by atoms with Crippen LogP contribution in [-0.4, -0.2) is 21.7 Å². The Morgan fingerprint density at radius 1 is 1.17 bits per heavy atom. The first-order chi connectivity index (χ1) is 11.6. The van der Waals surface area contributed by atoms with Crippen LogP contribution in [0.3, 0.4) is 0 Å². The molecule has 122 valence electrons. The van der Waals surface area contributed by atoms with Crippen LogP contribution in [0.25, 0.3) is 11.0 Å². The van der Waals surface area contributed by atoms with Crippen LogP contribution in [0, 0.1) is 0 Å². The highest BCUT2D eigenvalue weighted by atomic mass is 35.5. The molecule has 0 spiro atoms. The zero-order chi connectivity index (χ0) is 16.9. The molecule has 0 unspecified atom stereocenters. The third-order valence-corrected chi connectivity index (χ3v) is 4.15. The van der Waals surface area contributed by atoms with E-state index in [-0.39, 0.29) is 12.3 Å². The summed E-state index contributed by atoms with van der Waals surface area (Å²) in [6.07, 6.45) is 3.45. The molecule has 0 saturated carbocycles. The van der Waals surface area contributed by atoms with Gasteiger partial charge in [0, 0.05) is 18.5 Å². The summed E-state index contributed by atoms with van der Waals surface area (Å²) in [5.74, 6) is -0.202. The van der Waals surface area contributed by atoms with Crippen LogP contribution < -0.4 is 5.43 Å². The minimum Gasteiger partial charge on any atom is -0.330 e. The molecule has 0 atom stereocenters. The molecule has 3 rings (SSSR count). The molecule has 2 aromatic carbocycles. The normalized spacial score (nSPS) is 11.2. The number of rotatable bonds is 5. The molecule has 7 heteroatoms. The van der Waals surface area contributed by atoms with E-state index in [1.165, 1.54) is 6.21 Å². The number of fused-ring (bicyclic) bond motifs is 1. The number of nitrogens with zero attached hydrogens (tertiary/aromatic N) is 3. The van der Waals surface area contributed by atoms with Crippen molar-refractivity contribution in [1.29, 1.82) is 0 Å². The fourth-order valence-corrected chi connectivity index (χ4v) is 2.76. The van der Waals surface area contributed by atoms with Crippen LogP contribution >= 0.6 is 23.2 Å². The summed E-state index contributed by atoms with van der Waals surface area (Å²) in [7, 11) is 0. The van der Waals surface area contributed by atoms with E-state index in [4.69, 9.17) is 23.2 Å². The summed E-state index contributed by atoms with van der Waals surface area (Å²) < 4.78 is 1.93. The Labute approximate surface area is 148 Å². The van der Waals surface area contributed by atoms with Gasteiger partial charge in [0.25, 0.3) is 0 Å². The maximum Gasteiger partial charge on any atom is 0.241 e. The maximum atomic E-state index is 11.9. The fourth-order valence-electron chi connectivity index (χ4n) is 2.27. The number of imidazole rings is 1. The van der Waals surface area contributed by atoms with E-state index in [9.17, 15) is 4.79 Å². The lowest BCUT2D eigenvalue weighted by molar-refractivity contribution is -0.121. The average Bonchev–Trinajstić information content (AvgIpc) is 2.99. The van der Waals surface area contributed by atoms with Gasteiger partial charge in [0.05, 0.1) is 33.6 Å². The second-order valence-corrected chi connectivity index (χ2v) is 5.92. The fraction of sp³-hybridized carbons (Fsp3) is 0.118. The zero-order valence-corrected chi connectivity index (χ0v) is 14.1. The summed E-state index contributed by atoms with van der Waals surface area (Å²) in [6.45, 7) is 0.523. The van der Waals surface area contributed by atoms with E-state index in [0.29, 0.717) is 22.2 Å². The van der Waals surface area contributed by atoms with Crippen molar-refractivity contribution < 1.29 is 4.79 Å². The molecule has 0 aliphatic heterocycles. The third-order valence-electron chi connectivity index (χ3n) is 3.49. The van der Waals surface area contributed by atoms with Gasteiger partial charge in [-0.15, -0.1) is 0 Å². The van der Waals surface area contributed by atoms with Crippen molar-refractivity contribution in [2.75, 3.05) is 0 Å². The second kappa shape index (κ2) is 7.47. The molecule has 0 aliphatic carbocycles. The van der Waals surface area contributed by atoms with Gasteiger partial charge in [-0.05, 0) is 24.3 Å². The number of nitrogens with one attached hydrogen (secondary N) is 1. The molecule has 0 fully saturated rings. The topological polar surface area (TPSA) is 59.3 Å². The van der Waals surface area contributed by atoms with Crippen molar-refractivity contribution >= 4 is 46.4 Å². The lowest BCUT2D eigenvalue weighted by Gasteiger charge is -2.04. The first kappa shape index (κ1) is 16.5. The standard InChI is InChI=1S/C17H14Cl2N4O/c18-13-4-3-5-14(19)12(13)10-21-22-17(24)8-9-23-11-20-15-6-1-2-7-16(15)23/h1-7,10-11H,8-9H2,(H,22,24)/b21-10+. The first-order valence-corrected chi connectivity index (χ1v) is 8.06. The minimum absolute atomic E-state index is 0.202. The van der Waals surface area contributed by atoms with Crippen LogP contribution in [0.5, 0.6) is 0 Å². The molecule has 1 aromatic heterocycles. The molecule has 1 heterocycles. The Morgan fingerprint density at radius 2 is 1.92 bits per heavy atom. The summed E-state index contributed by atoms with van der Waals surface area (Å²) in [4.78, 5) is 16.2. The molecule has 3 aromatic rings. The van der Waals surface area contributed by atoms with E-state index in [2.05, 4.69) is 15.5 Å². The van der Waals surface area contributed by atoms with E-state index in [0.717, 1.165) is 11.0 Å². The van der Waals surface area contributed by atoms with Crippen molar-refractivity contribution in [2.45, 2.75) is 13.0 Å². The average molecular weight is 361 g/mol. The highest BCUT2D eigenvalue weighted by Gasteiger charge is 2.05. The van der Waals surface area contributed by atoms with Crippen LogP contribution in [0.15, 0.2) is 53.9 Å². The number of amides is 1. The van der Waals surface area contributed by atoms with E-state index < -0.39 is 0 Å². The lowest BCUT2D eigenvalue weighted by Crippen LogP contribution is -2.19. The number of hydrazone groups is 1. The van der Waals surface area contributed by atoms with E-state index >= 15 is 0 Å². The number of carbonyl (C=O) groups is 1. The Kier molecular flexibility index (Phi) is 5.13. The Hall–Kier alpha value is -2.37. The number of aromatic nitrogens is 2. The van der Waals surface area contributed by atoms with Gasteiger partial charge in [-0.2, -0.15) is 5.10 Å². The highest BCUT2D eigenvalue weighted by Crippen LogP contribution is 2.22. The predicted molar refractivity (Wildman–Crippen MR) is 96.5 cm³/mol. The van der Waals surface area contributed by atoms with Crippen molar-refractivity contribution in [3.05, 3.63) is 64.4 Å². The van der Waals surface area contributed by atoms with Gasteiger partial charge < -0.3 is 4.57 Å². The quantitative estimate of drug-likeness (QED) is 0.554. The van der Waals surface area contributed by atoms with Crippen LogP contribution in [0.4, 0.5) is 0 Å². The Morgan fingerprint density at radius 3 is 2.71 bits per heavy atom. The van der Waals surface area contributed by atoms with Crippen molar-refractivity contribution in [2.24, 2.45) is 5.10 Å². The van der Waals surface area contributed by atoms with Crippen LogP contribution in [0.2, 0.25) is 10.0 Å². The minimum atomic E-state index is -0.202. The second-order valence-electron chi connectivity index (χ2n) is 5.11. The van der Waals surface area contributed by atoms with Gasteiger partial charge in [-0.1, -0.05) is 41.4 Å².